The molecule has 1 aromatic carbocycles. The molecule has 0 aliphatic heterocycles. The van der Waals surface area contributed by atoms with Crippen LogP contribution in [0, 0.1) is 5.82 Å². The summed E-state index contributed by atoms with van der Waals surface area (Å²) < 4.78 is 27.7. The van der Waals surface area contributed by atoms with Crippen LogP contribution in [-0.2, 0) is 6.42 Å². The number of nitrogens with two attached hydrogens (primary N) is 1. The third-order valence-electron chi connectivity index (χ3n) is 2.51. The van der Waals surface area contributed by atoms with Gasteiger partial charge >= 0.3 is 0 Å². The minimum absolute atomic E-state index is 0.0492. The van der Waals surface area contributed by atoms with Crippen LogP contribution in [0.2, 0.25) is 0 Å². The van der Waals surface area contributed by atoms with Gasteiger partial charge in [0.25, 0.3) is 0 Å². The van der Waals surface area contributed by atoms with Crippen LogP contribution in [0.25, 0.3) is 0 Å². The summed E-state index contributed by atoms with van der Waals surface area (Å²) in [5.41, 5.74) is 4.54. The second-order valence-electron chi connectivity index (χ2n) is 3.62. The lowest BCUT2D eigenvalue weighted by molar-refractivity contribution is 0.167. The quantitative estimate of drug-likeness (QED) is 0.899. The highest BCUT2D eigenvalue weighted by Crippen LogP contribution is 2.26. The van der Waals surface area contributed by atoms with Crippen molar-refractivity contribution in [1.82, 2.24) is 0 Å². The lowest BCUT2D eigenvalue weighted by Crippen LogP contribution is -2.34. The first-order valence-corrected chi connectivity index (χ1v) is 5.63. The second kappa shape index (κ2) is 5.03. The molecule has 15 heavy (non-hydrogen) atoms. The van der Waals surface area contributed by atoms with Crippen LogP contribution in [0.1, 0.15) is 18.9 Å². The van der Waals surface area contributed by atoms with Crippen molar-refractivity contribution in [2.24, 2.45) is 5.73 Å². The Kier molecular flexibility index (Phi) is 4.22. The van der Waals surface area contributed by atoms with E-state index in [1.807, 2.05) is 0 Å². The Bertz CT molecular complexity index is 337. The number of halogens is 3. The molecule has 1 rings (SSSR count). The maximum absolute atomic E-state index is 14.0. The Morgan fingerprint density at radius 3 is 2.67 bits per heavy atom. The molecule has 0 spiro atoms. The van der Waals surface area contributed by atoms with E-state index in [4.69, 9.17) is 5.73 Å². The van der Waals surface area contributed by atoms with E-state index in [1.54, 1.807) is 13.0 Å². The summed E-state index contributed by atoms with van der Waals surface area (Å²) in [5, 5.41) is 0. The van der Waals surface area contributed by atoms with Crippen molar-refractivity contribution in [1.29, 1.82) is 0 Å². The smallest absolute Gasteiger partial charge is 0.127 e. The minimum atomic E-state index is -1.45. The first kappa shape index (κ1) is 12.6. The predicted octanol–water partition coefficient (Wildman–Crippen LogP) is 3.21. The van der Waals surface area contributed by atoms with Crippen molar-refractivity contribution in [3.05, 3.63) is 34.1 Å². The molecule has 1 atom stereocenters. The molecular formula is C11H14BrF2N. The number of hydrogen-bond donors (Lipinski definition) is 1. The van der Waals surface area contributed by atoms with Gasteiger partial charge in [-0.1, -0.05) is 22.9 Å². The van der Waals surface area contributed by atoms with E-state index in [0.717, 1.165) is 0 Å². The number of benzene rings is 1. The molecule has 0 fully saturated rings. The molecule has 0 radical (unpaired) electrons. The van der Waals surface area contributed by atoms with Crippen LogP contribution < -0.4 is 5.73 Å². The fraction of sp³-hybridized carbons (Fsp3) is 0.455. The number of rotatable bonds is 4. The van der Waals surface area contributed by atoms with Gasteiger partial charge in [0, 0.05) is 17.4 Å². The molecule has 0 aromatic heterocycles. The fourth-order valence-electron chi connectivity index (χ4n) is 1.36. The largest absolute Gasteiger partial charge is 0.328 e. The molecule has 0 aliphatic carbocycles. The molecule has 1 aromatic rings. The van der Waals surface area contributed by atoms with Gasteiger partial charge < -0.3 is 5.73 Å². The zero-order valence-electron chi connectivity index (χ0n) is 8.56. The summed E-state index contributed by atoms with van der Waals surface area (Å²) in [6.45, 7) is 1.69. The zero-order chi connectivity index (χ0) is 11.5. The maximum Gasteiger partial charge on any atom is 0.127 e. The van der Waals surface area contributed by atoms with Crippen LogP contribution in [0.15, 0.2) is 22.7 Å². The van der Waals surface area contributed by atoms with E-state index in [1.165, 1.54) is 12.1 Å². The van der Waals surface area contributed by atoms with Crippen molar-refractivity contribution in [3.63, 3.8) is 0 Å². The molecule has 0 saturated heterocycles. The van der Waals surface area contributed by atoms with Gasteiger partial charge in [0.15, 0.2) is 0 Å². The van der Waals surface area contributed by atoms with Gasteiger partial charge in [0.05, 0.1) is 0 Å². The SMILES string of the molecule is CCC(F)(CN)Cc1cc(F)ccc1Br. The average molecular weight is 278 g/mol. The van der Waals surface area contributed by atoms with E-state index < -0.39 is 5.67 Å². The van der Waals surface area contributed by atoms with Gasteiger partial charge in [-0.05, 0) is 30.2 Å². The molecule has 4 heteroatoms. The summed E-state index contributed by atoms with van der Waals surface area (Å²) >= 11 is 3.27. The van der Waals surface area contributed by atoms with E-state index >= 15 is 0 Å². The van der Waals surface area contributed by atoms with Gasteiger partial charge in [0.1, 0.15) is 11.5 Å². The molecule has 0 heterocycles. The molecule has 1 unspecified atom stereocenters. The summed E-state index contributed by atoms with van der Waals surface area (Å²) in [7, 11) is 0. The highest BCUT2D eigenvalue weighted by Gasteiger charge is 2.26. The van der Waals surface area contributed by atoms with E-state index in [-0.39, 0.29) is 18.8 Å². The minimum Gasteiger partial charge on any atom is -0.328 e. The molecule has 0 amide bonds. The molecule has 0 saturated carbocycles. The highest BCUT2D eigenvalue weighted by atomic mass is 79.9. The summed E-state index contributed by atoms with van der Waals surface area (Å²) in [6, 6.07) is 4.25. The Morgan fingerprint density at radius 1 is 1.47 bits per heavy atom. The molecule has 2 N–H and O–H groups in total. The van der Waals surface area contributed by atoms with Gasteiger partial charge in [-0.3, -0.25) is 0 Å². The Labute approximate surface area is 96.8 Å². The van der Waals surface area contributed by atoms with E-state index in [0.29, 0.717) is 16.5 Å². The van der Waals surface area contributed by atoms with E-state index in [2.05, 4.69) is 15.9 Å². The molecule has 0 bridgehead atoms. The van der Waals surface area contributed by atoms with Crippen LogP contribution in [0.3, 0.4) is 0 Å². The monoisotopic (exact) mass is 277 g/mol. The van der Waals surface area contributed by atoms with Crippen molar-refractivity contribution < 1.29 is 8.78 Å². The van der Waals surface area contributed by atoms with Crippen LogP contribution >= 0.6 is 15.9 Å². The average Bonchev–Trinajstić information content (AvgIpc) is 2.23. The summed E-state index contributed by atoms with van der Waals surface area (Å²) in [4.78, 5) is 0. The van der Waals surface area contributed by atoms with E-state index in [9.17, 15) is 8.78 Å². The molecule has 0 aliphatic rings. The number of alkyl halides is 1. The first-order chi connectivity index (χ1) is 7.00. The fourth-order valence-corrected chi connectivity index (χ4v) is 1.75. The molecular weight excluding hydrogens is 264 g/mol. The Balaban J connectivity index is 2.92. The first-order valence-electron chi connectivity index (χ1n) is 4.83. The van der Waals surface area contributed by atoms with Crippen molar-refractivity contribution in [2.45, 2.75) is 25.4 Å². The maximum atomic E-state index is 14.0. The van der Waals surface area contributed by atoms with Gasteiger partial charge in [-0.15, -0.1) is 0 Å². The Hall–Kier alpha value is -0.480. The standard InChI is InChI=1S/C11H14BrF2N/c1-2-11(14,7-15)6-8-5-9(13)3-4-10(8)12/h3-5H,2,6-7,15H2,1H3. The summed E-state index contributed by atoms with van der Waals surface area (Å²) in [5.74, 6) is -0.358. The van der Waals surface area contributed by atoms with Crippen molar-refractivity contribution in [2.75, 3.05) is 6.54 Å². The third kappa shape index (κ3) is 3.24. The highest BCUT2D eigenvalue weighted by molar-refractivity contribution is 9.10. The second-order valence-corrected chi connectivity index (χ2v) is 4.48. The molecule has 1 nitrogen and oxygen atoms in total. The predicted molar refractivity (Wildman–Crippen MR) is 61.0 cm³/mol. The zero-order valence-corrected chi connectivity index (χ0v) is 10.2. The van der Waals surface area contributed by atoms with Gasteiger partial charge in [0.2, 0.25) is 0 Å². The van der Waals surface area contributed by atoms with Crippen LogP contribution in [0.4, 0.5) is 8.78 Å². The lowest BCUT2D eigenvalue weighted by Gasteiger charge is -2.22. The lowest BCUT2D eigenvalue weighted by atomic mass is 9.94. The third-order valence-corrected chi connectivity index (χ3v) is 3.29. The van der Waals surface area contributed by atoms with Gasteiger partial charge in [-0.25, -0.2) is 8.78 Å². The summed E-state index contributed by atoms with van der Waals surface area (Å²) in [6.07, 6.45) is 0.463. The van der Waals surface area contributed by atoms with Crippen molar-refractivity contribution >= 4 is 15.9 Å². The topological polar surface area (TPSA) is 26.0 Å². The Morgan fingerprint density at radius 2 is 2.13 bits per heavy atom. The van der Waals surface area contributed by atoms with Gasteiger partial charge in [-0.2, -0.15) is 0 Å². The van der Waals surface area contributed by atoms with Crippen LogP contribution in [-0.4, -0.2) is 12.2 Å². The van der Waals surface area contributed by atoms with Crippen molar-refractivity contribution in [3.8, 4) is 0 Å². The van der Waals surface area contributed by atoms with Crippen LogP contribution in [0.5, 0.6) is 0 Å². The normalized spacial score (nSPS) is 15.0. The number of hydrogen-bond acceptors (Lipinski definition) is 1. The molecule has 84 valence electrons.